The summed E-state index contributed by atoms with van der Waals surface area (Å²) in [5.74, 6) is 0.175. The lowest BCUT2D eigenvalue weighted by atomic mass is 9.97. The van der Waals surface area contributed by atoms with Gasteiger partial charge in [-0.25, -0.2) is 18.6 Å². The highest BCUT2D eigenvalue weighted by Crippen LogP contribution is 2.43. The molecule has 2 amide bonds. The second-order valence-electron chi connectivity index (χ2n) is 7.17. The van der Waals surface area contributed by atoms with E-state index >= 15 is 0 Å². The van der Waals surface area contributed by atoms with Crippen molar-refractivity contribution in [1.82, 2.24) is 20.5 Å². The zero-order valence-corrected chi connectivity index (χ0v) is 17.2. The Morgan fingerprint density at radius 1 is 1.32 bits per heavy atom. The van der Waals surface area contributed by atoms with Crippen molar-refractivity contribution in [2.45, 2.75) is 24.9 Å². The Morgan fingerprint density at radius 3 is 3.00 bits per heavy atom. The van der Waals surface area contributed by atoms with Crippen molar-refractivity contribution in [3.8, 4) is 11.5 Å². The van der Waals surface area contributed by atoms with Gasteiger partial charge in [-0.2, -0.15) is 0 Å². The summed E-state index contributed by atoms with van der Waals surface area (Å²) in [6.45, 7) is 0.869. The van der Waals surface area contributed by atoms with E-state index < -0.39 is 6.43 Å². The van der Waals surface area contributed by atoms with Gasteiger partial charge in [-0.15, -0.1) is 5.10 Å². The zero-order valence-electron chi connectivity index (χ0n) is 16.3. The van der Waals surface area contributed by atoms with Crippen LogP contribution in [0.1, 0.15) is 28.6 Å². The molecule has 2 bridgehead atoms. The van der Waals surface area contributed by atoms with Crippen LogP contribution in [0.2, 0.25) is 0 Å². The van der Waals surface area contributed by atoms with E-state index in [1.165, 1.54) is 36.6 Å². The van der Waals surface area contributed by atoms with Crippen molar-refractivity contribution in [1.29, 1.82) is 0 Å². The van der Waals surface area contributed by atoms with E-state index in [1.54, 1.807) is 6.07 Å². The third-order valence-electron chi connectivity index (χ3n) is 5.24. The van der Waals surface area contributed by atoms with Crippen LogP contribution in [0.15, 0.2) is 28.7 Å². The van der Waals surface area contributed by atoms with E-state index in [4.69, 9.17) is 9.15 Å². The summed E-state index contributed by atoms with van der Waals surface area (Å²) in [7, 11) is 1.54. The van der Waals surface area contributed by atoms with Gasteiger partial charge in [-0.3, -0.25) is 5.32 Å². The predicted octanol–water partition coefficient (Wildman–Crippen LogP) is 3.38. The van der Waals surface area contributed by atoms with E-state index in [0.717, 1.165) is 10.6 Å². The van der Waals surface area contributed by atoms with Crippen LogP contribution < -0.4 is 15.5 Å². The molecule has 0 aliphatic carbocycles. The SMILES string of the molecule is CNC(=O)Nc1nc2c(s1)C1COC[C@H](C2)N1c1nnc(-c2cccc(C(F)F)c2)o1. The third kappa shape index (κ3) is 3.61. The number of ether oxygens (including phenoxy) is 1. The number of carbonyl (C=O) groups is 1. The van der Waals surface area contributed by atoms with Gasteiger partial charge >= 0.3 is 12.0 Å². The molecule has 1 fully saturated rings. The molecule has 9 nitrogen and oxygen atoms in total. The maximum atomic E-state index is 13.0. The van der Waals surface area contributed by atoms with Gasteiger partial charge in [0.15, 0.2) is 5.13 Å². The molecule has 31 heavy (non-hydrogen) atoms. The number of carbonyl (C=O) groups excluding carboxylic acids is 1. The van der Waals surface area contributed by atoms with E-state index in [-0.39, 0.29) is 29.6 Å². The fourth-order valence-electron chi connectivity index (χ4n) is 3.83. The lowest BCUT2D eigenvalue weighted by Gasteiger charge is -2.43. The number of urea groups is 1. The molecule has 1 aromatic carbocycles. The molecule has 2 aliphatic heterocycles. The molecule has 3 aromatic rings. The van der Waals surface area contributed by atoms with Crippen LogP contribution in [0.4, 0.5) is 24.7 Å². The number of rotatable bonds is 4. The van der Waals surface area contributed by atoms with E-state index in [2.05, 4.69) is 25.8 Å². The smallest absolute Gasteiger partial charge is 0.320 e. The van der Waals surface area contributed by atoms with Gasteiger partial charge < -0.3 is 19.4 Å². The second kappa shape index (κ2) is 7.85. The number of anilines is 2. The minimum absolute atomic E-state index is 0.0677. The lowest BCUT2D eigenvalue weighted by molar-refractivity contribution is 0.0578. The molecule has 2 atom stereocenters. The normalized spacial score (nSPS) is 19.9. The van der Waals surface area contributed by atoms with Crippen molar-refractivity contribution in [3.63, 3.8) is 0 Å². The third-order valence-corrected chi connectivity index (χ3v) is 6.36. The number of alkyl halides is 2. The molecule has 162 valence electrons. The molecule has 0 saturated carbocycles. The quantitative estimate of drug-likeness (QED) is 0.630. The second-order valence-corrected chi connectivity index (χ2v) is 8.20. The molecule has 2 aliphatic rings. The number of aromatic nitrogens is 3. The average molecular weight is 448 g/mol. The Bertz CT molecular complexity index is 1120. The molecule has 2 aromatic heterocycles. The van der Waals surface area contributed by atoms with Crippen LogP contribution in [0.3, 0.4) is 0 Å². The number of halogens is 2. The number of fused-ring (bicyclic) bond motifs is 4. The molecule has 2 N–H and O–H groups in total. The summed E-state index contributed by atoms with van der Waals surface area (Å²) in [5.41, 5.74) is 1.24. The number of benzene rings is 1. The molecule has 4 heterocycles. The first-order valence-corrected chi connectivity index (χ1v) is 10.4. The first-order valence-electron chi connectivity index (χ1n) is 9.60. The number of amides is 2. The first kappa shape index (κ1) is 19.8. The average Bonchev–Trinajstić information content (AvgIpc) is 3.40. The molecule has 1 saturated heterocycles. The van der Waals surface area contributed by atoms with Crippen molar-refractivity contribution in [2.75, 3.05) is 30.5 Å². The number of morpholine rings is 1. The van der Waals surface area contributed by atoms with Gasteiger partial charge in [0.2, 0.25) is 5.89 Å². The molecule has 1 unspecified atom stereocenters. The summed E-state index contributed by atoms with van der Waals surface area (Å²) in [6.07, 6.45) is -1.99. The topological polar surface area (TPSA) is 105 Å². The maximum absolute atomic E-state index is 13.0. The largest absolute Gasteiger partial charge is 0.403 e. The van der Waals surface area contributed by atoms with Crippen molar-refractivity contribution in [2.24, 2.45) is 0 Å². The zero-order chi connectivity index (χ0) is 21.5. The van der Waals surface area contributed by atoms with Crippen LogP contribution in [-0.2, 0) is 11.2 Å². The van der Waals surface area contributed by atoms with Crippen LogP contribution in [0, 0.1) is 0 Å². The Morgan fingerprint density at radius 2 is 2.19 bits per heavy atom. The summed E-state index contributed by atoms with van der Waals surface area (Å²) < 4.78 is 37.7. The number of thiazole rings is 1. The molecule has 0 radical (unpaired) electrons. The predicted molar refractivity (Wildman–Crippen MR) is 108 cm³/mol. The number of nitrogens with one attached hydrogen (secondary N) is 2. The summed E-state index contributed by atoms with van der Waals surface area (Å²) in [5, 5.41) is 14.0. The molecule has 5 rings (SSSR count). The first-order chi connectivity index (χ1) is 15.0. The highest BCUT2D eigenvalue weighted by molar-refractivity contribution is 7.16. The van der Waals surface area contributed by atoms with Crippen molar-refractivity contribution >= 4 is 28.5 Å². The van der Waals surface area contributed by atoms with Gasteiger partial charge in [-0.05, 0) is 12.1 Å². The van der Waals surface area contributed by atoms with Crippen LogP contribution >= 0.6 is 11.3 Å². The highest BCUT2D eigenvalue weighted by atomic mass is 32.1. The Labute approximate surface area is 179 Å². The minimum atomic E-state index is -2.58. The van der Waals surface area contributed by atoms with E-state index in [9.17, 15) is 13.6 Å². The molecule has 0 spiro atoms. The van der Waals surface area contributed by atoms with Crippen LogP contribution in [0.5, 0.6) is 0 Å². The van der Waals surface area contributed by atoms with Crippen LogP contribution in [-0.4, -0.2) is 47.5 Å². The van der Waals surface area contributed by atoms with Gasteiger partial charge in [-0.1, -0.05) is 28.6 Å². The Balaban J connectivity index is 1.45. The Hall–Kier alpha value is -3.12. The molecular weight excluding hydrogens is 430 g/mol. The van der Waals surface area contributed by atoms with Gasteiger partial charge in [0.1, 0.15) is 0 Å². The molecular formula is C19H18F2N6O3S. The van der Waals surface area contributed by atoms with Gasteiger partial charge in [0.05, 0.1) is 35.9 Å². The summed E-state index contributed by atoms with van der Waals surface area (Å²) in [4.78, 5) is 19.2. The maximum Gasteiger partial charge on any atom is 0.320 e. The monoisotopic (exact) mass is 448 g/mol. The molecule has 12 heteroatoms. The van der Waals surface area contributed by atoms with Crippen molar-refractivity contribution < 1.29 is 22.7 Å². The summed E-state index contributed by atoms with van der Waals surface area (Å²) in [6, 6.07) is 5.59. The van der Waals surface area contributed by atoms with E-state index in [0.29, 0.717) is 36.3 Å². The summed E-state index contributed by atoms with van der Waals surface area (Å²) >= 11 is 1.38. The van der Waals surface area contributed by atoms with E-state index in [1.807, 2.05) is 4.90 Å². The van der Waals surface area contributed by atoms with Gasteiger partial charge in [0.25, 0.3) is 6.43 Å². The standard InChI is InChI=1S/C19H18F2N6O3S/c1-22-17(28)24-18-23-12-6-11-7-29-8-13(14(12)31-18)27(11)19-26-25-16(30-19)10-4-2-3-9(5-10)15(20)21/h2-5,11,13,15H,6-8H2,1H3,(H2,22,23,24,28)/t11-,13?/m0/s1. The minimum Gasteiger partial charge on any atom is -0.403 e. The fourth-order valence-corrected chi connectivity index (χ4v) is 4.90. The number of hydrogen-bond acceptors (Lipinski definition) is 8. The van der Waals surface area contributed by atoms with Gasteiger partial charge in [0, 0.05) is 24.6 Å². The lowest BCUT2D eigenvalue weighted by Crippen LogP contribution is -2.51. The van der Waals surface area contributed by atoms with Crippen LogP contribution in [0.25, 0.3) is 11.5 Å². The Kier molecular flexibility index (Phi) is 5.02. The fraction of sp³-hybridized carbons (Fsp3) is 0.368. The highest BCUT2D eigenvalue weighted by Gasteiger charge is 2.43. The van der Waals surface area contributed by atoms with Crippen molar-refractivity contribution in [3.05, 3.63) is 40.4 Å². The number of nitrogens with zero attached hydrogens (tertiary/aromatic N) is 4. The number of hydrogen-bond donors (Lipinski definition) is 2.